The number of aromatic nitrogens is 1. The van der Waals surface area contributed by atoms with Gasteiger partial charge in [-0.1, -0.05) is 102 Å². The number of carbonyl (C=O) groups excluding carboxylic acids is 1. The van der Waals surface area contributed by atoms with Crippen molar-refractivity contribution >= 4 is 17.5 Å². The summed E-state index contributed by atoms with van der Waals surface area (Å²) >= 11 is 6.42. The molecule has 37 heavy (non-hydrogen) atoms. The van der Waals surface area contributed by atoms with E-state index in [1.165, 1.54) is 70.6 Å². The van der Waals surface area contributed by atoms with Crippen molar-refractivity contribution in [2.24, 2.45) is 0 Å². The van der Waals surface area contributed by atoms with Crippen molar-refractivity contribution in [3.05, 3.63) is 58.9 Å². The highest BCUT2D eigenvalue weighted by molar-refractivity contribution is 6.32. The zero-order valence-electron chi connectivity index (χ0n) is 23.1. The molecule has 0 spiro atoms. The average Bonchev–Trinajstić information content (AvgIpc) is 2.87. The second-order valence-corrected chi connectivity index (χ2v) is 10.3. The molecule has 4 nitrogen and oxygen atoms in total. The first-order valence-corrected chi connectivity index (χ1v) is 14.7. The van der Waals surface area contributed by atoms with Crippen molar-refractivity contribution in [3.8, 4) is 5.75 Å². The zero-order chi connectivity index (χ0) is 25.8. The third-order valence-corrected chi connectivity index (χ3v) is 6.84. The summed E-state index contributed by atoms with van der Waals surface area (Å²) in [7, 11) is 0. The van der Waals surface area contributed by atoms with Crippen molar-refractivity contribution in [1.82, 2.24) is 5.32 Å². The number of unbranched alkanes of at least 4 members (excludes halogenated alkanes) is 11. The van der Waals surface area contributed by atoms with E-state index in [0.717, 1.165) is 30.5 Å². The second kappa shape index (κ2) is 21.6. The molecule has 0 aliphatic heterocycles. The standard InChI is InChI=1S/C31H47ClN2O2.HI/c1-3-5-6-7-8-9-10-11-12-13-14-15-23-36-30-17-16-28(24-29(30)32)25-31(35)33-26-27-18-21-34(20-4-2)22-19-27;/h16-19,21-22,24H,3-15,20,23,25-26H2,1-2H3;1H. The van der Waals surface area contributed by atoms with Gasteiger partial charge in [0.05, 0.1) is 18.1 Å². The lowest BCUT2D eigenvalue weighted by atomic mass is 10.1. The number of hydrogen-bond acceptors (Lipinski definition) is 2. The molecule has 208 valence electrons. The maximum Gasteiger partial charge on any atom is 0.224 e. The fourth-order valence-corrected chi connectivity index (χ4v) is 4.62. The molecule has 1 amide bonds. The second-order valence-electron chi connectivity index (χ2n) is 9.90. The van der Waals surface area contributed by atoms with E-state index in [9.17, 15) is 4.79 Å². The Labute approximate surface area is 247 Å². The average molecular weight is 643 g/mol. The van der Waals surface area contributed by atoms with Gasteiger partial charge in [-0.25, -0.2) is 4.57 Å². The van der Waals surface area contributed by atoms with Gasteiger partial charge in [0.2, 0.25) is 5.91 Å². The number of ether oxygens (including phenoxy) is 1. The summed E-state index contributed by atoms with van der Waals surface area (Å²) in [6, 6.07) is 9.76. The number of pyridine rings is 1. The van der Waals surface area contributed by atoms with Crippen molar-refractivity contribution in [2.75, 3.05) is 6.61 Å². The Morgan fingerprint density at radius 1 is 0.811 bits per heavy atom. The summed E-state index contributed by atoms with van der Waals surface area (Å²) in [6.07, 6.45) is 21.5. The number of rotatable bonds is 20. The van der Waals surface area contributed by atoms with Crippen LogP contribution in [0.4, 0.5) is 0 Å². The number of amides is 1. The molecule has 2 rings (SSSR count). The predicted molar refractivity (Wildman–Crippen MR) is 151 cm³/mol. The predicted octanol–water partition coefficient (Wildman–Crippen LogP) is 4.98. The highest BCUT2D eigenvalue weighted by Gasteiger charge is 2.08. The Bertz CT molecular complexity index is 861. The molecule has 0 saturated heterocycles. The van der Waals surface area contributed by atoms with Crippen LogP contribution in [0.15, 0.2) is 42.7 Å². The van der Waals surface area contributed by atoms with Gasteiger partial charge in [-0.05, 0) is 29.7 Å². The summed E-state index contributed by atoms with van der Waals surface area (Å²) in [4.78, 5) is 12.4. The van der Waals surface area contributed by atoms with Gasteiger partial charge < -0.3 is 34.0 Å². The van der Waals surface area contributed by atoms with Crippen molar-refractivity contribution < 1.29 is 38.1 Å². The summed E-state index contributed by atoms with van der Waals surface area (Å²) in [5, 5.41) is 3.56. The molecule has 6 heteroatoms. The highest BCUT2D eigenvalue weighted by Crippen LogP contribution is 2.26. The summed E-state index contributed by atoms with van der Waals surface area (Å²) in [5.74, 6) is 0.690. The van der Waals surface area contributed by atoms with E-state index in [-0.39, 0.29) is 29.9 Å². The molecule has 1 aromatic carbocycles. The van der Waals surface area contributed by atoms with E-state index in [4.69, 9.17) is 16.3 Å². The maximum absolute atomic E-state index is 12.4. The van der Waals surface area contributed by atoms with Crippen LogP contribution in [-0.4, -0.2) is 12.5 Å². The van der Waals surface area contributed by atoms with E-state index in [1.54, 1.807) is 0 Å². The van der Waals surface area contributed by atoms with E-state index < -0.39 is 0 Å². The van der Waals surface area contributed by atoms with Gasteiger partial charge in [0.1, 0.15) is 12.3 Å². The first kappa shape index (κ1) is 33.7. The van der Waals surface area contributed by atoms with Crippen LogP contribution >= 0.6 is 11.6 Å². The molecular formula is C31H48ClIN2O2. The Morgan fingerprint density at radius 2 is 1.41 bits per heavy atom. The fourth-order valence-electron chi connectivity index (χ4n) is 4.36. The molecule has 1 N–H and O–H groups in total. The molecule has 1 aromatic heterocycles. The van der Waals surface area contributed by atoms with Gasteiger partial charge in [-0.15, -0.1) is 0 Å². The van der Waals surface area contributed by atoms with Crippen molar-refractivity contribution in [2.45, 2.75) is 117 Å². The van der Waals surface area contributed by atoms with Crippen LogP contribution in [0.25, 0.3) is 0 Å². The van der Waals surface area contributed by atoms with Gasteiger partial charge in [0.15, 0.2) is 12.4 Å². The Hall–Kier alpha value is -1.34. The molecule has 0 radical (unpaired) electrons. The zero-order valence-corrected chi connectivity index (χ0v) is 26.0. The van der Waals surface area contributed by atoms with E-state index in [2.05, 4.69) is 48.3 Å². The largest absolute Gasteiger partial charge is 1.00 e. The van der Waals surface area contributed by atoms with Gasteiger partial charge in [0.25, 0.3) is 0 Å². The number of carbonyl (C=O) groups is 1. The van der Waals surface area contributed by atoms with Crippen LogP contribution in [0.3, 0.4) is 0 Å². The molecule has 0 saturated carbocycles. The number of benzene rings is 1. The first-order chi connectivity index (χ1) is 17.6. The number of halogens is 2. The molecule has 0 bridgehead atoms. The number of aryl methyl sites for hydroxylation is 1. The molecule has 0 aliphatic carbocycles. The minimum absolute atomic E-state index is 0. The molecule has 1 heterocycles. The quantitative estimate of drug-likeness (QED) is 0.126. The number of hydrogen-bond donors (Lipinski definition) is 1. The Kier molecular flexibility index (Phi) is 19.6. The lowest BCUT2D eigenvalue weighted by Gasteiger charge is -2.10. The summed E-state index contributed by atoms with van der Waals surface area (Å²) in [6.45, 7) is 6.65. The minimum atomic E-state index is -0.0125. The lowest BCUT2D eigenvalue weighted by Crippen LogP contribution is -3.00. The minimum Gasteiger partial charge on any atom is -1.00 e. The van der Waals surface area contributed by atoms with Gasteiger partial charge in [-0.2, -0.15) is 0 Å². The normalized spacial score (nSPS) is 10.7. The summed E-state index contributed by atoms with van der Waals surface area (Å²) in [5.41, 5.74) is 1.99. The third kappa shape index (κ3) is 15.6. The van der Waals surface area contributed by atoms with E-state index in [1.807, 2.05) is 18.2 Å². The highest BCUT2D eigenvalue weighted by atomic mass is 127. The van der Waals surface area contributed by atoms with Crippen LogP contribution in [0.1, 0.15) is 108 Å². The van der Waals surface area contributed by atoms with Gasteiger partial charge in [0, 0.05) is 25.1 Å². The van der Waals surface area contributed by atoms with E-state index >= 15 is 0 Å². The molecule has 0 aliphatic rings. The monoisotopic (exact) mass is 642 g/mol. The molecule has 0 fully saturated rings. The molecular weight excluding hydrogens is 595 g/mol. The fraction of sp³-hybridized carbons (Fsp3) is 0.613. The van der Waals surface area contributed by atoms with Crippen LogP contribution in [0, 0.1) is 0 Å². The van der Waals surface area contributed by atoms with Crippen LogP contribution in [0.2, 0.25) is 5.02 Å². The Morgan fingerprint density at radius 3 is 1.97 bits per heavy atom. The van der Waals surface area contributed by atoms with Crippen LogP contribution in [0.5, 0.6) is 5.75 Å². The van der Waals surface area contributed by atoms with Gasteiger partial charge in [-0.3, -0.25) is 4.79 Å². The number of nitrogens with zero attached hydrogens (tertiary/aromatic N) is 1. The maximum atomic E-state index is 12.4. The van der Waals surface area contributed by atoms with Crippen molar-refractivity contribution in [3.63, 3.8) is 0 Å². The molecule has 0 atom stereocenters. The lowest BCUT2D eigenvalue weighted by molar-refractivity contribution is -0.697. The molecule has 2 aromatic rings. The smallest absolute Gasteiger partial charge is 0.224 e. The van der Waals surface area contributed by atoms with Crippen LogP contribution in [-0.2, 0) is 24.3 Å². The van der Waals surface area contributed by atoms with Crippen LogP contribution < -0.4 is 38.6 Å². The first-order valence-electron chi connectivity index (χ1n) is 14.3. The number of nitrogens with one attached hydrogen (secondary N) is 1. The SMILES string of the molecule is CCCCCCCCCCCCCCOc1ccc(CC(=O)NCc2cc[n+](CCC)cc2)cc1Cl.[I-]. The van der Waals surface area contributed by atoms with E-state index in [0.29, 0.717) is 30.3 Å². The topological polar surface area (TPSA) is 42.2 Å². The molecule has 0 unspecified atom stereocenters. The third-order valence-electron chi connectivity index (χ3n) is 6.55. The van der Waals surface area contributed by atoms with Gasteiger partial charge >= 0.3 is 0 Å². The van der Waals surface area contributed by atoms with Crippen molar-refractivity contribution in [1.29, 1.82) is 0 Å². The summed E-state index contributed by atoms with van der Waals surface area (Å²) < 4.78 is 8.03. The Balaban J connectivity index is 0.00000684.